The molecule has 2 N–H and O–H groups in total. The summed E-state index contributed by atoms with van der Waals surface area (Å²) < 4.78 is 36.8. The molecule has 0 bridgehead atoms. The molecule has 1 saturated heterocycles. The van der Waals surface area contributed by atoms with Crippen LogP contribution in [0.5, 0.6) is 0 Å². The van der Waals surface area contributed by atoms with Crippen LogP contribution in [0, 0.1) is 0 Å². The fourth-order valence-electron chi connectivity index (χ4n) is 2.29. The van der Waals surface area contributed by atoms with Gasteiger partial charge in [0.05, 0.1) is 0 Å². The monoisotopic (exact) mass is 407 g/mol. The summed E-state index contributed by atoms with van der Waals surface area (Å²) in [6, 6.07) is 5.85. The molecule has 1 aliphatic heterocycles. The maximum Gasteiger partial charge on any atom is 0.405 e. The molecule has 1 aromatic carbocycles. The molecule has 0 aromatic heterocycles. The number of nitrogens with zero attached hydrogens (tertiary/aromatic N) is 1. The van der Waals surface area contributed by atoms with Gasteiger partial charge >= 0.3 is 12.2 Å². The highest BCUT2D eigenvalue weighted by Gasteiger charge is 2.50. The minimum Gasteiger partial charge on any atom is -0.345 e. The van der Waals surface area contributed by atoms with Crippen LogP contribution >= 0.6 is 15.9 Å². The van der Waals surface area contributed by atoms with Crippen molar-refractivity contribution in [1.29, 1.82) is 0 Å². The summed E-state index contributed by atoms with van der Waals surface area (Å²) in [6.45, 7) is -0.862. The smallest absolute Gasteiger partial charge is 0.345 e. The Morgan fingerprint density at radius 3 is 2.54 bits per heavy atom. The number of amides is 4. The van der Waals surface area contributed by atoms with E-state index in [2.05, 4.69) is 21.2 Å². The van der Waals surface area contributed by atoms with E-state index in [0.717, 1.165) is 0 Å². The van der Waals surface area contributed by atoms with E-state index in [-0.39, 0.29) is 0 Å². The molecule has 1 aliphatic rings. The van der Waals surface area contributed by atoms with Gasteiger partial charge in [-0.2, -0.15) is 13.2 Å². The van der Waals surface area contributed by atoms with Crippen LogP contribution < -0.4 is 10.6 Å². The molecule has 0 aliphatic carbocycles. The normalized spacial score (nSPS) is 21.0. The lowest BCUT2D eigenvalue weighted by Gasteiger charge is -2.23. The number of hydrogen-bond acceptors (Lipinski definition) is 3. The van der Waals surface area contributed by atoms with Gasteiger partial charge in [0.1, 0.15) is 18.6 Å². The first-order chi connectivity index (χ1) is 11.0. The summed E-state index contributed by atoms with van der Waals surface area (Å²) in [5.74, 6) is -1.80. The highest BCUT2D eigenvalue weighted by atomic mass is 79.9. The minimum atomic E-state index is -4.57. The highest BCUT2D eigenvalue weighted by Crippen LogP contribution is 2.33. The van der Waals surface area contributed by atoms with Crippen LogP contribution in [0.1, 0.15) is 12.5 Å². The molecule has 0 spiro atoms. The molecule has 0 unspecified atom stereocenters. The number of carbonyl (C=O) groups is 3. The van der Waals surface area contributed by atoms with Crippen molar-refractivity contribution >= 4 is 33.8 Å². The maximum absolute atomic E-state index is 12.5. The predicted octanol–water partition coefficient (Wildman–Crippen LogP) is 1.89. The van der Waals surface area contributed by atoms with E-state index < -0.39 is 42.7 Å². The second-order valence-electron chi connectivity index (χ2n) is 5.32. The molecule has 0 saturated carbocycles. The van der Waals surface area contributed by atoms with Gasteiger partial charge < -0.3 is 10.6 Å². The fraction of sp³-hybridized carbons (Fsp3) is 0.357. The Morgan fingerprint density at radius 2 is 1.96 bits per heavy atom. The first-order valence-electron chi connectivity index (χ1n) is 6.77. The molecular formula is C14H13BrF3N3O3. The van der Waals surface area contributed by atoms with Gasteiger partial charge in [0.15, 0.2) is 0 Å². The molecule has 6 nitrogen and oxygen atoms in total. The number of carbonyl (C=O) groups excluding carboxylic acids is 3. The first-order valence-corrected chi connectivity index (χ1v) is 7.56. The van der Waals surface area contributed by atoms with E-state index in [1.54, 1.807) is 29.6 Å². The van der Waals surface area contributed by atoms with Crippen LogP contribution in [0.3, 0.4) is 0 Å². The number of urea groups is 1. The quantitative estimate of drug-likeness (QED) is 0.748. The lowest BCUT2D eigenvalue weighted by Crippen LogP contribution is -2.44. The maximum atomic E-state index is 12.5. The van der Waals surface area contributed by atoms with Gasteiger partial charge in [-0.15, -0.1) is 0 Å². The van der Waals surface area contributed by atoms with Gasteiger partial charge in [0.2, 0.25) is 5.91 Å². The van der Waals surface area contributed by atoms with Gasteiger partial charge in [0, 0.05) is 10.0 Å². The Balaban J connectivity index is 2.15. The van der Waals surface area contributed by atoms with Gasteiger partial charge in [-0.05, 0) is 13.0 Å². The standard InChI is InChI=1S/C14H13BrF3N3O3/c1-13(8-4-2-3-5-9(8)15)11(23)21(12(24)20-13)6-10(22)19-7-14(16,17)18/h2-5H,6-7H2,1H3,(H,19,22)(H,20,24)/t13-/m1/s1. The largest absolute Gasteiger partial charge is 0.405 e. The number of rotatable bonds is 4. The summed E-state index contributed by atoms with van der Waals surface area (Å²) in [4.78, 5) is 36.7. The zero-order valence-corrected chi connectivity index (χ0v) is 14.0. The van der Waals surface area contributed by atoms with Crippen molar-refractivity contribution in [2.24, 2.45) is 0 Å². The molecule has 1 atom stereocenters. The Morgan fingerprint density at radius 1 is 1.33 bits per heavy atom. The average molecular weight is 408 g/mol. The third-order valence-corrected chi connectivity index (χ3v) is 4.17. The molecule has 130 valence electrons. The predicted molar refractivity (Wildman–Crippen MR) is 80.8 cm³/mol. The van der Waals surface area contributed by atoms with Gasteiger partial charge in [0.25, 0.3) is 5.91 Å². The van der Waals surface area contributed by atoms with Crippen molar-refractivity contribution in [3.63, 3.8) is 0 Å². The summed E-state index contributed by atoms with van der Waals surface area (Å²) in [7, 11) is 0. The van der Waals surface area contributed by atoms with E-state index in [4.69, 9.17) is 0 Å². The second kappa shape index (κ2) is 6.42. The van der Waals surface area contributed by atoms with Crippen LogP contribution in [0.2, 0.25) is 0 Å². The lowest BCUT2D eigenvalue weighted by molar-refractivity contribution is -0.141. The zero-order chi connectivity index (χ0) is 18.1. The number of nitrogens with one attached hydrogen (secondary N) is 2. The highest BCUT2D eigenvalue weighted by molar-refractivity contribution is 9.10. The Hall–Kier alpha value is -2.10. The molecule has 4 amide bonds. The summed E-state index contributed by atoms with van der Waals surface area (Å²) in [5.41, 5.74) is -0.942. The molecule has 1 aromatic rings. The van der Waals surface area contributed by atoms with Crippen molar-refractivity contribution in [1.82, 2.24) is 15.5 Å². The first kappa shape index (κ1) is 18.2. The molecule has 0 radical (unpaired) electrons. The lowest BCUT2D eigenvalue weighted by atomic mass is 9.92. The van der Waals surface area contributed by atoms with Crippen molar-refractivity contribution < 1.29 is 27.6 Å². The fourth-order valence-corrected chi connectivity index (χ4v) is 2.97. The number of benzene rings is 1. The van der Waals surface area contributed by atoms with Crippen molar-refractivity contribution in [2.75, 3.05) is 13.1 Å². The average Bonchev–Trinajstić information content (AvgIpc) is 2.69. The Kier molecular flexibility index (Phi) is 4.88. The SMILES string of the molecule is C[C@]1(c2ccccc2Br)NC(=O)N(CC(=O)NCC(F)(F)F)C1=O. The van der Waals surface area contributed by atoms with Gasteiger partial charge in [-0.25, -0.2) is 4.79 Å². The van der Waals surface area contributed by atoms with Gasteiger partial charge in [-0.3, -0.25) is 14.5 Å². The zero-order valence-electron chi connectivity index (χ0n) is 12.4. The number of alkyl halides is 3. The van der Waals surface area contributed by atoms with Crippen LogP contribution in [-0.4, -0.2) is 42.0 Å². The van der Waals surface area contributed by atoms with Crippen LogP contribution in [0.15, 0.2) is 28.7 Å². The minimum absolute atomic E-state index is 0.474. The van der Waals surface area contributed by atoms with E-state index in [1.165, 1.54) is 6.92 Å². The van der Waals surface area contributed by atoms with Crippen molar-refractivity contribution in [2.45, 2.75) is 18.6 Å². The third-order valence-electron chi connectivity index (χ3n) is 3.48. The van der Waals surface area contributed by atoms with Crippen LogP contribution in [-0.2, 0) is 15.1 Å². The third kappa shape index (κ3) is 3.69. The summed E-state index contributed by atoms with van der Waals surface area (Å²) in [6.07, 6.45) is -4.57. The summed E-state index contributed by atoms with van der Waals surface area (Å²) in [5, 5.41) is 4.09. The number of halogens is 4. The molecule has 10 heteroatoms. The topological polar surface area (TPSA) is 78.5 Å². The molecule has 1 fully saturated rings. The number of imide groups is 1. The molecule has 24 heavy (non-hydrogen) atoms. The number of hydrogen-bond donors (Lipinski definition) is 2. The van der Waals surface area contributed by atoms with Crippen LogP contribution in [0.25, 0.3) is 0 Å². The second-order valence-corrected chi connectivity index (χ2v) is 6.17. The van der Waals surface area contributed by atoms with E-state index >= 15 is 0 Å². The van der Waals surface area contributed by atoms with Crippen molar-refractivity contribution in [3.05, 3.63) is 34.3 Å². The Bertz CT molecular complexity index is 695. The van der Waals surface area contributed by atoms with Crippen molar-refractivity contribution in [3.8, 4) is 0 Å². The van der Waals surface area contributed by atoms with Gasteiger partial charge in [-0.1, -0.05) is 34.1 Å². The molecule has 2 rings (SSSR count). The molecule has 1 heterocycles. The Labute approximate surface area is 143 Å². The van der Waals surface area contributed by atoms with E-state index in [9.17, 15) is 27.6 Å². The summed E-state index contributed by atoms with van der Waals surface area (Å²) >= 11 is 3.28. The molecular weight excluding hydrogens is 395 g/mol. The van der Waals surface area contributed by atoms with Crippen LogP contribution in [0.4, 0.5) is 18.0 Å². The van der Waals surface area contributed by atoms with E-state index in [0.29, 0.717) is 14.9 Å². The van der Waals surface area contributed by atoms with E-state index in [1.807, 2.05) is 0 Å².